The SMILES string of the molecule is CCOC(=O)C(C#N)C(CC(=O)c1ccccc1)c1ccc([N+](=O)[O-])cc1. The molecule has 138 valence electrons. The first-order chi connectivity index (χ1) is 13.0. The Kier molecular flexibility index (Phi) is 6.78. The lowest BCUT2D eigenvalue weighted by Crippen LogP contribution is -2.25. The average Bonchev–Trinajstić information content (AvgIpc) is 2.68. The lowest BCUT2D eigenvalue weighted by Gasteiger charge is -2.20. The molecular formula is C20H18N2O5. The number of nitro groups is 1. The highest BCUT2D eigenvalue weighted by Gasteiger charge is 2.33. The van der Waals surface area contributed by atoms with Crippen molar-refractivity contribution in [2.75, 3.05) is 6.61 Å². The van der Waals surface area contributed by atoms with E-state index in [4.69, 9.17) is 4.74 Å². The molecule has 7 heteroatoms. The number of benzene rings is 2. The third kappa shape index (κ3) is 4.98. The zero-order valence-corrected chi connectivity index (χ0v) is 14.7. The van der Waals surface area contributed by atoms with Gasteiger partial charge in [0.05, 0.1) is 17.6 Å². The Labute approximate surface area is 156 Å². The van der Waals surface area contributed by atoms with Crippen molar-refractivity contribution >= 4 is 17.4 Å². The first-order valence-electron chi connectivity index (χ1n) is 8.36. The minimum absolute atomic E-state index is 0.0983. The molecule has 0 saturated carbocycles. The molecular weight excluding hydrogens is 348 g/mol. The molecule has 0 heterocycles. The van der Waals surface area contributed by atoms with E-state index in [1.54, 1.807) is 37.3 Å². The molecule has 0 aliphatic carbocycles. The first-order valence-corrected chi connectivity index (χ1v) is 8.36. The molecule has 2 rings (SSSR count). The number of hydrogen-bond acceptors (Lipinski definition) is 6. The third-order valence-corrected chi connectivity index (χ3v) is 4.12. The Morgan fingerprint density at radius 1 is 1.15 bits per heavy atom. The van der Waals surface area contributed by atoms with E-state index >= 15 is 0 Å². The van der Waals surface area contributed by atoms with Crippen LogP contribution in [0.4, 0.5) is 5.69 Å². The van der Waals surface area contributed by atoms with E-state index in [-0.39, 0.29) is 24.5 Å². The minimum atomic E-state index is -1.20. The topological polar surface area (TPSA) is 110 Å². The number of nitrogens with zero attached hydrogens (tertiary/aromatic N) is 2. The van der Waals surface area contributed by atoms with Crippen LogP contribution in [0.25, 0.3) is 0 Å². The van der Waals surface area contributed by atoms with Gasteiger partial charge in [-0.05, 0) is 12.5 Å². The number of nitro benzene ring substituents is 1. The van der Waals surface area contributed by atoms with Crippen molar-refractivity contribution in [1.82, 2.24) is 0 Å². The third-order valence-electron chi connectivity index (χ3n) is 4.12. The summed E-state index contributed by atoms with van der Waals surface area (Å²) >= 11 is 0. The summed E-state index contributed by atoms with van der Waals surface area (Å²) in [6, 6.07) is 16.0. The van der Waals surface area contributed by atoms with Gasteiger partial charge >= 0.3 is 5.97 Å². The second kappa shape index (κ2) is 9.25. The van der Waals surface area contributed by atoms with Gasteiger partial charge in [0.2, 0.25) is 0 Å². The normalized spacial score (nSPS) is 12.4. The van der Waals surface area contributed by atoms with Crippen LogP contribution < -0.4 is 0 Å². The maximum absolute atomic E-state index is 12.6. The van der Waals surface area contributed by atoms with Gasteiger partial charge in [0.15, 0.2) is 11.7 Å². The van der Waals surface area contributed by atoms with Crippen molar-refractivity contribution in [1.29, 1.82) is 5.26 Å². The summed E-state index contributed by atoms with van der Waals surface area (Å²) in [5, 5.41) is 20.4. The average molecular weight is 366 g/mol. The van der Waals surface area contributed by atoms with Gasteiger partial charge in [0, 0.05) is 30.0 Å². The molecule has 0 radical (unpaired) electrons. The molecule has 0 aromatic heterocycles. The molecule has 2 aromatic carbocycles. The van der Waals surface area contributed by atoms with Crippen LogP contribution in [0.1, 0.15) is 35.2 Å². The zero-order chi connectivity index (χ0) is 19.8. The number of carbonyl (C=O) groups excluding carboxylic acids is 2. The Hall–Kier alpha value is -3.53. The fourth-order valence-electron chi connectivity index (χ4n) is 2.75. The van der Waals surface area contributed by atoms with Crippen LogP contribution in [0, 0.1) is 27.4 Å². The first kappa shape index (κ1) is 19.8. The summed E-state index contributed by atoms with van der Waals surface area (Å²) in [5.74, 6) is -2.92. The second-order valence-electron chi connectivity index (χ2n) is 5.81. The maximum Gasteiger partial charge on any atom is 0.323 e. The Balaban J connectivity index is 2.38. The molecule has 0 amide bonds. The maximum atomic E-state index is 12.6. The van der Waals surface area contributed by atoms with E-state index in [9.17, 15) is 25.0 Å². The van der Waals surface area contributed by atoms with Gasteiger partial charge < -0.3 is 4.74 Å². The highest BCUT2D eigenvalue weighted by Crippen LogP contribution is 2.31. The summed E-state index contributed by atoms with van der Waals surface area (Å²) in [6.45, 7) is 1.74. The number of rotatable bonds is 8. The molecule has 0 fully saturated rings. The summed E-state index contributed by atoms with van der Waals surface area (Å²) in [7, 11) is 0. The number of non-ortho nitro benzene ring substituents is 1. The van der Waals surface area contributed by atoms with Crippen LogP contribution >= 0.6 is 0 Å². The van der Waals surface area contributed by atoms with E-state index in [2.05, 4.69) is 0 Å². The van der Waals surface area contributed by atoms with Crippen molar-refractivity contribution in [3.05, 3.63) is 75.8 Å². The lowest BCUT2D eigenvalue weighted by molar-refractivity contribution is -0.384. The Bertz CT molecular complexity index is 856. The molecule has 0 spiro atoms. The van der Waals surface area contributed by atoms with E-state index in [0.717, 1.165) is 0 Å². The van der Waals surface area contributed by atoms with Gasteiger partial charge in [-0.3, -0.25) is 19.7 Å². The molecule has 2 aromatic rings. The summed E-state index contributed by atoms with van der Waals surface area (Å²) in [5.41, 5.74) is 0.839. The summed E-state index contributed by atoms with van der Waals surface area (Å²) < 4.78 is 4.97. The molecule has 0 bridgehead atoms. The number of ketones is 1. The highest BCUT2D eigenvalue weighted by atomic mass is 16.6. The predicted molar refractivity (Wildman–Crippen MR) is 97.0 cm³/mol. The minimum Gasteiger partial charge on any atom is -0.465 e. The summed E-state index contributed by atoms with van der Waals surface area (Å²) in [6.07, 6.45) is -0.0983. The molecule has 2 unspecified atom stereocenters. The Morgan fingerprint density at radius 2 is 1.78 bits per heavy atom. The molecule has 0 saturated heterocycles. The van der Waals surface area contributed by atoms with E-state index in [0.29, 0.717) is 11.1 Å². The van der Waals surface area contributed by atoms with Crippen LogP contribution in [-0.2, 0) is 9.53 Å². The largest absolute Gasteiger partial charge is 0.465 e. The van der Waals surface area contributed by atoms with Crippen LogP contribution in [0.2, 0.25) is 0 Å². The fraction of sp³-hybridized carbons (Fsp3) is 0.250. The zero-order valence-electron chi connectivity index (χ0n) is 14.7. The van der Waals surface area contributed by atoms with Gasteiger partial charge in [0.1, 0.15) is 0 Å². The van der Waals surface area contributed by atoms with Crippen molar-refractivity contribution in [3.63, 3.8) is 0 Å². The van der Waals surface area contributed by atoms with Crippen LogP contribution in [0.15, 0.2) is 54.6 Å². The van der Waals surface area contributed by atoms with Crippen LogP contribution in [-0.4, -0.2) is 23.3 Å². The molecule has 27 heavy (non-hydrogen) atoms. The number of nitriles is 1. The summed E-state index contributed by atoms with van der Waals surface area (Å²) in [4.78, 5) is 35.2. The predicted octanol–water partition coefficient (Wildman–Crippen LogP) is 3.65. The quantitative estimate of drug-likeness (QED) is 0.305. The van der Waals surface area contributed by atoms with Crippen LogP contribution in [0.3, 0.4) is 0 Å². The van der Waals surface area contributed by atoms with Gasteiger partial charge in [-0.25, -0.2) is 0 Å². The van der Waals surface area contributed by atoms with E-state index in [1.165, 1.54) is 24.3 Å². The number of carbonyl (C=O) groups is 2. The standard InChI is InChI=1S/C20H18N2O5/c1-2-27-20(24)18(13-21)17(12-19(23)15-6-4-3-5-7-15)14-8-10-16(11-9-14)22(25)26/h3-11,17-18H,2,12H2,1H3. The fourth-order valence-corrected chi connectivity index (χ4v) is 2.75. The number of ether oxygens (including phenoxy) is 1. The van der Waals surface area contributed by atoms with Crippen molar-refractivity contribution < 1.29 is 19.2 Å². The molecule has 0 aliphatic rings. The van der Waals surface area contributed by atoms with E-state index in [1.807, 2.05) is 6.07 Å². The van der Waals surface area contributed by atoms with Crippen LogP contribution in [0.5, 0.6) is 0 Å². The van der Waals surface area contributed by atoms with Crippen molar-refractivity contribution in [2.45, 2.75) is 19.3 Å². The number of Topliss-reactive ketones (excluding diaryl/α,β-unsaturated/α-hetero) is 1. The smallest absolute Gasteiger partial charge is 0.323 e. The molecule has 0 aliphatic heterocycles. The lowest BCUT2D eigenvalue weighted by atomic mass is 9.82. The number of esters is 1. The second-order valence-corrected chi connectivity index (χ2v) is 5.81. The van der Waals surface area contributed by atoms with E-state index < -0.39 is 22.7 Å². The van der Waals surface area contributed by atoms with Gasteiger partial charge in [-0.1, -0.05) is 42.5 Å². The number of hydrogen-bond donors (Lipinski definition) is 0. The molecule has 2 atom stereocenters. The highest BCUT2D eigenvalue weighted by molar-refractivity contribution is 5.97. The van der Waals surface area contributed by atoms with Gasteiger partial charge in [-0.2, -0.15) is 5.26 Å². The van der Waals surface area contributed by atoms with Crippen molar-refractivity contribution in [2.24, 2.45) is 5.92 Å². The monoisotopic (exact) mass is 366 g/mol. The van der Waals surface area contributed by atoms with Gasteiger partial charge in [-0.15, -0.1) is 0 Å². The Morgan fingerprint density at radius 3 is 2.30 bits per heavy atom. The van der Waals surface area contributed by atoms with Crippen molar-refractivity contribution in [3.8, 4) is 6.07 Å². The molecule has 7 nitrogen and oxygen atoms in total. The molecule has 0 N–H and O–H groups in total. The van der Waals surface area contributed by atoms with Gasteiger partial charge in [0.25, 0.3) is 5.69 Å².